The third kappa shape index (κ3) is 9.29. The Bertz CT molecular complexity index is 803. The van der Waals surface area contributed by atoms with Gasteiger partial charge in [0.2, 0.25) is 0 Å². The molecule has 2 rings (SSSR count). The van der Waals surface area contributed by atoms with Crippen molar-refractivity contribution in [3.63, 3.8) is 0 Å². The van der Waals surface area contributed by atoms with Crippen LogP contribution in [-0.4, -0.2) is 23.2 Å². The van der Waals surface area contributed by atoms with Gasteiger partial charge in [-0.2, -0.15) is 5.26 Å². The molecule has 2 aromatic rings. The van der Waals surface area contributed by atoms with Crippen molar-refractivity contribution in [3.8, 4) is 22.9 Å². The molecule has 162 valence electrons. The van der Waals surface area contributed by atoms with Gasteiger partial charge in [-0.25, -0.2) is 0 Å². The van der Waals surface area contributed by atoms with Crippen LogP contribution in [0.2, 0.25) is 38.8 Å². The lowest BCUT2D eigenvalue weighted by Crippen LogP contribution is -2.42. The van der Waals surface area contributed by atoms with Gasteiger partial charge in [-0.3, -0.25) is 0 Å². The van der Waals surface area contributed by atoms with Crippen molar-refractivity contribution >= 4 is 16.6 Å². The predicted octanol–water partition coefficient (Wildman–Crippen LogP) is 7.61. The second-order valence-electron chi connectivity index (χ2n) is 9.55. The number of hydrogen-bond acceptors (Lipinski definition) is 3. The molecule has 0 N–H and O–H groups in total. The van der Waals surface area contributed by atoms with Gasteiger partial charge in [-0.1, -0.05) is 49.9 Å². The third-order valence-corrected chi connectivity index (χ3v) is 11.2. The molecule has 0 radical (unpaired) electrons. The maximum Gasteiger partial charge on any atom is 0.173 e. The van der Waals surface area contributed by atoms with E-state index >= 15 is 0 Å². The first-order chi connectivity index (χ1) is 14.2. The molecule has 30 heavy (non-hydrogen) atoms. The Morgan fingerprint density at radius 2 is 1.27 bits per heavy atom. The zero-order valence-electron chi connectivity index (χ0n) is 19.3. The number of nitrogens with zero attached hydrogens (tertiary/aromatic N) is 1. The van der Waals surface area contributed by atoms with Crippen LogP contribution in [0.3, 0.4) is 0 Å². The van der Waals surface area contributed by atoms with Crippen molar-refractivity contribution in [2.24, 2.45) is 0 Å². The summed E-state index contributed by atoms with van der Waals surface area (Å²) in [7, 11) is -2.87. The zero-order valence-corrected chi connectivity index (χ0v) is 21.3. The van der Waals surface area contributed by atoms with Crippen LogP contribution < -0.4 is 4.74 Å². The van der Waals surface area contributed by atoms with E-state index in [4.69, 9.17) is 14.1 Å². The molecule has 0 unspecified atom stereocenters. The maximum atomic E-state index is 8.90. The quantitative estimate of drug-likeness (QED) is 0.252. The largest absolute Gasteiger partial charge is 0.494 e. The van der Waals surface area contributed by atoms with Gasteiger partial charge in [-0.05, 0) is 80.6 Å². The number of benzene rings is 2. The summed E-state index contributed by atoms with van der Waals surface area (Å²) in [5, 5.41) is 8.90. The minimum atomic E-state index is -1.47. The van der Waals surface area contributed by atoms with E-state index in [1.807, 2.05) is 36.4 Å². The van der Waals surface area contributed by atoms with Crippen LogP contribution in [-0.2, 0) is 4.12 Å². The SMILES string of the molecule is C[Si](C)(C)O[Si](C)(C)CCCCCCCOc1ccc(-c2ccc(C#N)cc2)cc1. The summed E-state index contributed by atoms with van der Waals surface area (Å²) in [6, 6.07) is 19.3. The van der Waals surface area contributed by atoms with Crippen LogP contribution in [0.4, 0.5) is 0 Å². The first kappa shape index (κ1) is 24.4. The van der Waals surface area contributed by atoms with E-state index in [0.717, 1.165) is 29.9 Å². The summed E-state index contributed by atoms with van der Waals surface area (Å²) >= 11 is 0. The van der Waals surface area contributed by atoms with Crippen LogP contribution in [0, 0.1) is 11.3 Å². The van der Waals surface area contributed by atoms with Crippen molar-refractivity contribution in [2.75, 3.05) is 6.61 Å². The molecular formula is C25H37NO2Si2. The van der Waals surface area contributed by atoms with E-state index in [0.29, 0.717) is 5.56 Å². The molecule has 0 bridgehead atoms. The van der Waals surface area contributed by atoms with Gasteiger partial charge in [0.1, 0.15) is 5.75 Å². The molecule has 0 aliphatic rings. The Hall–Kier alpha value is -1.88. The van der Waals surface area contributed by atoms with Gasteiger partial charge in [-0.15, -0.1) is 0 Å². The summed E-state index contributed by atoms with van der Waals surface area (Å²) in [6.45, 7) is 12.4. The second-order valence-corrected chi connectivity index (χ2v) is 18.6. The molecule has 0 saturated heterocycles. The van der Waals surface area contributed by atoms with Gasteiger partial charge < -0.3 is 8.85 Å². The Morgan fingerprint density at radius 3 is 1.83 bits per heavy atom. The van der Waals surface area contributed by atoms with Gasteiger partial charge in [0, 0.05) is 0 Å². The fourth-order valence-corrected chi connectivity index (χ4v) is 11.9. The first-order valence-electron chi connectivity index (χ1n) is 11.1. The zero-order chi connectivity index (χ0) is 22.0. The van der Waals surface area contributed by atoms with Crippen LogP contribution in [0.1, 0.15) is 37.7 Å². The second kappa shape index (κ2) is 11.5. The predicted molar refractivity (Wildman–Crippen MR) is 132 cm³/mol. The van der Waals surface area contributed by atoms with Crippen LogP contribution in [0.25, 0.3) is 11.1 Å². The first-order valence-corrected chi connectivity index (χ1v) is 17.6. The van der Waals surface area contributed by atoms with Crippen molar-refractivity contribution in [1.29, 1.82) is 5.26 Å². The van der Waals surface area contributed by atoms with Gasteiger partial charge in [0.15, 0.2) is 16.6 Å². The van der Waals surface area contributed by atoms with Crippen molar-refractivity contribution in [3.05, 3.63) is 54.1 Å². The Kier molecular flexibility index (Phi) is 9.35. The van der Waals surface area contributed by atoms with Gasteiger partial charge in [0.25, 0.3) is 0 Å². The van der Waals surface area contributed by atoms with Gasteiger partial charge in [0.05, 0.1) is 18.2 Å². The average Bonchev–Trinajstić information content (AvgIpc) is 2.68. The van der Waals surface area contributed by atoms with E-state index < -0.39 is 16.6 Å². The van der Waals surface area contributed by atoms with E-state index in [9.17, 15) is 0 Å². The summed E-state index contributed by atoms with van der Waals surface area (Å²) in [4.78, 5) is 0. The highest BCUT2D eigenvalue weighted by molar-refractivity contribution is 6.84. The molecule has 3 nitrogen and oxygen atoms in total. The minimum Gasteiger partial charge on any atom is -0.494 e. The molecule has 0 amide bonds. The van der Waals surface area contributed by atoms with Gasteiger partial charge >= 0.3 is 0 Å². The molecule has 0 fully saturated rings. The minimum absolute atomic E-state index is 0.685. The fourth-order valence-electron chi connectivity index (χ4n) is 3.73. The number of ether oxygens (including phenoxy) is 1. The van der Waals surface area contributed by atoms with E-state index in [-0.39, 0.29) is 0 Å². The molecule has 0 atom stereocenters. The Labute approximate surface area is 185 Å². The fraction of sp³-hybridized carbons (Fsp3) is 0.480. The standard InChI is InChI=1S/C25H37NO2Si2/c1-29(2,3)28-30(4,5)20-10-8-6-7-9-19-27-25-17-15-24(16-18-25)23-13-11-22(21-26)12-14-23/h11-18H,6-10,19-20H2,1-5H3. The summed E-state index contributed by atoms with van der Waals surface area (Å²) in [5.41, 5.74) is 2.93. The van der Waals surface area contributed by atoms with Crippen LogP contribution >= 0.6 is 0 Å². The molecular weight excluding hydrogens is 402 g/mol. The van der Waals surface area contributed by atoms with E-state index in [1.54, 1.807) is 0 Å². The Morgan fingerprint density at radius 1 is 0.733 bits per heavy atom. The average molecular weight is 440 g/mol. The molecule has 0 saturated carbocycles. The van der Waals surface area contributed by atoms with E-state index in [2.05, 4.69) is 50.9 Å². The highest BCUT2D eigenvalue weighted by Crippen LogP contribution is 2.24. The van der Waals surface area contributed by atoms with Crippen LogP contribution in [0.5, 0.6) is 5.75 Å². The smallest absolute Gasteiger partial charge is 0.173 e. The number of rotatable bonds is 12. The lowest BCUT2D eigenvalue weighted by Gasteiger charge is -2.31. The van der Waals surface area contributed by atoms with Crippen LogP contribution in [0.15, 0.2) is 48.5 Å². The number of unbranched alkanes of at least 4 members (excludes halogenated alkanes) is 4. The lowest BCUT2D eigenvalue weighted by atomic mass is 10.0. The Balaban J connectivity index is 1.60. The monoisotopic (exact) mass is 439 g/mol. The molecule has 0 aliphatic carbocycles. The maximum absolute atomic E-state index is 8.90. The van der Waals surface area contributed by atoms with Crippen molar-refractivity contribution in [1.82, 2.24) is 0 Å². The molecule has 0 spiro atoms. The number of hydrogen-bond donors (Lipinski definition) is 0. The molecule has 2 aromatic carbocycles. The molecule has 0 aliphatic heterocycles. The van der Waals surface area contributed by atoms with E-state index in [1.165, 1.54) is 31.7 Å². The lowest BCUT2D eigenvalue weighted by molar-refractivity contribution is 0.304. The van der Waals surface area contributed by atoms with Crippen molar-refractivity contribution in [2.45, 2.75) is 70.9 Å². The molecule has 0 heterocycles. The topological polar surface area (TPSA) is 42.2 Å². The third-order valence-electron chi connectivity index (χ3n) is 4.98. The summed E-state index contributed by atoms with van der Waals surface area (Å²) < 4.78 is 12.3. The number of nitriles is 1. The highest BCUT2D eigenvalue weighted by atomic mass is 28.4. The highest BCUT2D eigenvalue weighted by Gasteiger charge is 2.28. The molecule has 5 heteroatoms. The van der Waals surface area contributed by atoms with Crippen molar-refractivity contribution < 1.29 is 8.85 Å². The normalized spacial score (nSPS) is 11.9. The summed E-state index contributed by atoms with van der Waals surface area (Å²) in [5.74, 6) is 0.920. The molecule has 0 aromatic heterocycles. The summed E-state index contributed by atoms with van der Waals surface area (Å²) in [6.07, 6.45) is 6.19.